The second kappa shape index (κ2) is 8.14. The summed E-state index contributed by atoms with van der Waals surface area (Å²) in [7, 11) is 0. The number of carbonyl (C=O) groups excluding carboxylic acids is 2. The van der Waals surface area contributed by atoms with E-state index >= 15 is 0 Å². The lowest BCUT2D eigenvalue weighted by atomic mass is 10.1. The molecule has 1 aromatic heterocycles. The van der Waals surface area contributed by atoms with Crippen LogP contribution in [0.4, 0.5) is 4.79 Å². The molecule has 7 nitrogen and oxygen atoms in total. The number of thioether (sulfide) groups is 1. The normalized spacial score (nSPS) is 10.1. The molecule has 2 rings (SSSR count). The monoisotopic (exact) mass is 332 g/mol. The summed E-state index contributed by atoms with van der Waals surface area (Å²) in [6.07, 6.45) is 1.52. The van der Waals surface area contributed by atoms with Crippen molar-refractivity contribution in [2.24, 2.45) is 0 Å². The van der Waals surface area contributed by atoms with Gasteiger partial charge in [0.1, 0.15) is 0 Å². The molecule has 0 radical (unpaired) electrons. The first-order valence-corrected chi connectivity index (χ1v) is 7.79. The van der Waals surface area contributed by atoms with E-state index in [4.69, 9.17) is 4.42 Å². The Morgan fingerprint density at radius 1 is 1.30 bits per heavy atom. The molecule has 0 fully saturated rings. The highest BCUT2D eigenvalue weighted by Gasteiger charge is 2.12. The number of aromatic nitrogens is 2. The van der Waals surface area contributed by atoms with Crippen molar-refractivity contribution in [3.05, 3.63) is 42.5 Å². The van der Waals surface area contributed by atoms with E-state index in [1.807, 2.05) is 31.2 Å². The molecule has 0 bridgehead atoms. The van der Waals surface area contributed by atoms with E-state index < -0.39 is 11.9 Å². The first-order chi connectivity index (χ1) is 11.1. The molecule has 1 aromatic carbocycles. The van der Waals surface area contributed by atoms with E-state index in [1.54, 1.807) is 0 Å². The molecule has 2 aromatic rings. The van der Waals surface area contributed by atoms with Crippen molar-refractivity contribution in [1.82, 2.24) is 20.8 Å². The van der Waals surface area contributed by atoms with Crippen LogP contribution in [-0.4, -0.2) is 34.4 Å². The molecule has 0 aliphatic carbocycles. The van der Waals surface area contributed by atoms with Gasteiger partial charge in [0, 0.05) is 12.1 Å². The topological polar surface area (TPSA) is 97.1 Å². The van der Waals surface area contributed by atoms with Gasteiger partial charge in [0.15, 0.2) is 0 Å². The summed E-state index contributed by atoms with van der Waals surface area (Å²) in [6, 6.07) is 7.09. The Morgan fingerprint density at radius 2 is 2.04 bits per heavy atom. The van der Waals surface area contributed by atoms with Crippen LogP contribution < -0.4 is 10.6 Å². The van der Waals surface area contributed by atoms with Gasteiger partial charge in [0.05, 0.1) is 5.75 Å². The highest BCUT2D eigenvalue weighted by atomic mass is 32.2. The Hall–Kier alpha value is -2.61. The molecule has 23 heavy (non-hydrogen) atoms. The SMILES string of the molecule is C=CCNC(=O)NC(=O)CSc1nnc(-c2ccc(C)cc2)o1. The maximum atomic E-state index is 11.6. The summed E-state index contributed by atoms with van der Waals surface area (Å²) >= 11 is 1.06. The molecule has 0 aliphatic heterocycles. The summed E-state index contributed by atoms with van der Waals surface area (Å²) < 4.78 is 5.48. The van der Waals surface area contributed by atoms with Gasteiger partial charge < -0.3 is 9.73 Å². The molecule has 8 heteroatoms. The fourth-order valence-corrected chi connectivity index (χ4v) is 2.14. The average Bonchev–Trinajstić information content (AvgIpc) is 3.00. The van der Waals surface area contributed by atoms with E-state index in [-0.39, 0.29) is 17.5 Å². The number of aryl methyl sites for hydroxylation is 1. The number of urea groups is 1. The van der Waals surface area contributed by atoms with Crippen LogP contribution in [0, 0.1) is 6.92 Å². The number of hydrogen-bond donors (Lipinski definition) is 2. The average molecular weight is 332 g/mol. The first-order valence-electron chi connectivity index (χ1n) is 6.80. The van der Waals surface area contributed by atoms with Gasteiger partial charge in [-0.05, 0) is 19.1 Å². The van der Waals surface area contributed by atoms with Crippen molar-refractivity contribution in [1.29, 1.82) is 0 Å². The number of imide groups is 1. The molecule has 0 saturated heterocycles. The second-order valence-corrected chi connectivity index (χ2v) is 5.50. The van der Waals surface area contributed by atoms with Crippen LogP contribution >= 0.6 is 11.8 Å². The lowest BCUT2D eigenvalue weighted by Crippen LogP contribution is -2.40. The molecule has 0 spiro atoms. The molecule has 0 unspecified atom stereocenters. The molecule has 120 valence electrons. The number of amides is 3. The summed E-state index contributed by atoms with van der Waals surface area (Å²) in [5, 5.41) is 12.7. The van der Waals surface area contributed by atoms with Gasteiger partial charge in [-0.25, -0.2) is 4.79 Å². The van der Waals surface area contributed by atoms with Crippen molar-refractivity contribution in [3.63, 3.8) is 0 Å². The van der Waals surface area contributed by atoms with Crippen LogP contribution in [0.15, 0.2) is 46.6 Å². The van der Waals surface area contributed by atoms with Crippen LogP contribution in [0.25, 0.3) is 11.5 Å². The van der Waals surface area contributed by atoms with Gasteiger partial charge in [-0.1, -0.05) is 35.5 Å². The standard InChI is InChI=1S/C15H16N4O3S/c1-3-8-16-14(21)17-12(20)9-23-15-19-18-13(22-15)11-6-4-10(2)5-7-11/h3-7H,1,8-9H2,2H3,(H2,16,17,20,21). The van der Waals surface area contributed by atoms with Gasteiger partial charge >= 0.3 is 6.03 Å². The Labute approximate surface area is 137 Å². The van der Waals surface area contributed by atoms with Crippen molar-refractivity contribution in [2.75, 3.05) is 12.3 Å². The van der Waals surface area contributed by atoms with Crippen LogP contribution in [0.1, 0.15) is 5.56 Å². The third kappa shape index (κ3) is 5.26. The minimum atomic E-state index is -0.568. The van der Waals surface area contributed by atoms with Gasteiger partial charge in [0.25, 0.3) is 5.22 Å². The van der Waals surface area contributed by atoms with E-state index in [9.17, 15) is 9.59 Å². The quantitative estimate of drug-likeness (QED) is 0.621. The zero-order valence-electron chi connectivity index (χ0n) is 12.5. The Balaban J connectivity index is 1.85. The number of nitrogens with zero attached hydrogens (tertiary/aromatic N) is 2. The number of hydrogen-bond acceptors (Lipinski definition) is 6. The smallest absolute Gasteiger partial charge is 0.321 e. The summed E-state index contributed by atoms with van der Waals surface area (Å²) in [5.74, 6) is -0.0693. The molecule has 0 atom stereocenters. The first kappa shape index (κ1) is 16.8. The Kier molecular flexibility index (Phi) is 5.93. The zero-order chi connectivity index (χ0) is 16.7. The number of rotatable bonds is 6. The fraction of sp³-hybridized carbons (Fsp3) is 0.200. The minimum absolute atomic E-state index is 0.00294. The van der Waals surface area contributed by atoms with Gasteiger partial charge in [-0.15, -0.1) is 16.8 Å². The molecular weight excluding hydrogens is 316 g/mol. The highest BCUT2D eigenvalue weighted by molar-refractivity contribution is 7.99. The highest BCUT2D eigenvalue weighted by Crippen LogP contribution is 2.23. The van der Waals surface area contributed by atoms with E-state index in [0.29, 0.717) is 5.89 Å². The zero-order valence-corrected chi connectivity index (χ0v) is 13.4. The number of nitrogens with one attached hydrogen (secondary N) is 2. The van der Waals surface area contributed by atoms with E-state index in [1.165, 1.54) is 6.08 Å². The van der Waals surface area contributed by atoms with Crippen molar-refractivity contribution in [2.45, 2.75) is 12.1 Å². The summed E-state index contributed by atoms with van der Waals surface area (Å²) in [6.45, 7) is 5.74. The lowest BCUT2D eigenvalue weighted by molar-refractivity contribution is -0.117. The van der Waals surface area contributed by atoms with Crippen LogP contribution in [0.5, 0.6) is 0 Å². The molecule has 1 heterocycles. The third-order valence-corrected chi connectivity index (χ3v) is 3.51. The Bertz CT molecular complexity index is 697. The van der Waals surface area contributed by atoms with Crippen LogP contribution in [-0.2, 0) is 4.79 Å². The number of carbonyl (C=O) groups is 2. The third-order valence-electron chi connectivity index (χ3n) is 2.69. The second-order valence-electron chi connectivity index (χ2n) is 4.57. The van der Waals surface area contributed by atoms with Crippen LogP contribution in [0.2, 0.25) is 0 Å². The van der Waals surface area contributed by atoms with E-state index in [0.717, 1.165) is 22.9 Å². The van der Waals surface area contributed by atoms with Gasteiger partial charge in [-0.2, -0.15) is 0 Å². The number of benzene rings is 1. The van der Waals surface area contributed by atoms with Crippen molar-refractivity contribution < 1.29 is 14.0 Å². The molecule has 2 N–H and O–H groups in total. The maximum absolute atomic E-state index is 11.6. The summed E-state index contributed by atoms with van der Waals surface area (Å²) in [5.41, 5.74) is 1.94. The van der Waals surface area contributed by atoms with Crippen molar-refractivity contribution >= 4 is 23.7 Å². The molecule has 3 amide bonds. The predicted octanol–water partition coefficient (Wildman–Crippen LogP) is 2.15. The predicted molar refractivity (Wildman–Crippen MR) is 86.9 cm³/mol. The molecular formula is C15H16N4O3S. The summed E-state index contributed by atoms with van der Waals surface area (Å²) in [4.78, 5) is 22.9. The van der Waals surface area contributed by atoms with Gasteiger partial charge in [0.2, 0.25) is 11.8 Å². The van der Waals surface area contributed by atoms with Crippen LogP contribution in [0.3, 0.4) is 0 Å². The lowest BCUT2D eigenvalue weighted by Gasteiger charge is -2.03. The van der Waals surface area contributed by atoms with Crippen molar-refractivity contribution in [3.8, 4) is 11.5 Å². The molecule has 0 saturated carbocycles. The van der Waals surface area contributed by atoms with E-state index in [2.05, 4.69) is 27.4 Å². The Morgan fingerprint density at radius 3 is 2.74 bits per heavy atom. The largest absolute Gasteiger partial charge is 0.411 e. The minimum Gasteiger partial charge on any atom is -0.411 e. The van der Waals surface area contributed by atoms with Gasteiger partial charge in [-0.3, -0.25) is 10.1 Å². The molecule has 0 aliphatic rings. The fourth-order valence-electron chi connectivity index (χ4n) is 1.58. The maximum Gasteiger partial charge on any atom is 0.321 e.